The van der Waals surface area contributed by atoms with Gasteiger partial charge in [0.05, 0.1) is 23.1 Å². The Morgan fingerprint density at radius 2 is 1.94 bits per heavy atom. The van der Waals surface area contributed by atoms with Crippen LogP contribution >= 0.6 is 0 Å². The summed E-state index contributed by atoms with van der Waals surface area (Å²) in [6.45, 7) is 0. The van der Waals surface area contributed by atoms with Crippen LogP contribution in [0.4, 0.5) is 5.69 Å². The van der Waals surface area contributed by atoms with Crippen molar-refractivity contribution in [3.05, 3.63) is 42.2 Å². The van der Waals surface area contributed by atoms with Crippen LogP contribution in [-0.4, -0.2) is 26.5 Å². The highest BCUT2D eigenvalue weighted by Gasteiger charge is 2.02. The number of nitrogens with zero attached hydrogens (tertiary/aromatic N) is 3. The predicted molar refractivity (Wildman–Crippen MR) is 55.0 cm³/mol. The molecule has 0 bridgehead atoms. The SMILES string of the molecule is O=Cc1cnn(-c2ccc(N(O)O)cc2)c1. The molecule has 6 heteroatoms. The minimum absolute atomic E-state index is 0.0315. The van der Waals surface area contributed by atoms with E-state index in [4.69, 9.17) is 10.4 Å². The molecular formula is C10H9N3O3. The van der Waals surface area contributed by atoms with Crippen molar-refractivity contribution in [3.8, 4) is 5.69 Å². The topological polar surface area (TPSA) is 78.6 Å². The van der Waals surface area contributed by atoms with E-state index in [0.29, 0.717) is 11.8 Å². The van der Waals surface area contributed by atoms with Gasteiger partial charge in [0.2, 0.25) is 0 Å². The zero-order valence-corrected chi connectivity index (χ0v) is 8.19. The molecule has 0 spiro atoms. The van der Waals surface area contributed by atoms with Gasteiger partial charge in [0.15, 0.2) is 6.29 Å². The van der Waals surface area contributed by atoms with E-state index in [0.717, 1.165) is 5.69 Å². The first-order valence-electron chi connectivity index (χ1n) is 4.49. The summed E-state index contributed by atoms with van der Waals surface area (Å²) in [6.07, 6.45) is 3.74. The van der Waals surface area contributed by atoms with E-state index < -0.39 is 0 Å². The number of hydrogen-bond acceptors (Lipinski definition) is 5. The molecule has 0 aliphatic heterocycles. The first-order chi connectivity index (χ1) is 7.70. The number of benzene rings is 1. The molecule has 0 fully saturated rings. The van der Waals surface area contributed by atoms with Crippen LogP contribution in [0.1, 0.15) is 10.4 Å². The minimum atomic E-state index is 0.0315. The second-order valence-electron chi connectivity index (χ2n) is 3.14. The van der Waals surface area contributed by atoms with Crippen LogP contribution in [0, 0.1) is 0 Å². The molecular weight excluding hydrogens is 210 g/mol. The lowest BCUT2D eigenvalue weighted by Gasteiger charge is -2.08. The molecule has 2 rings (SSSR count). The summed E-state index contributed by atoms with van der Waals surface area (Å²) in [7, 11) is 0. The Labute approximate surface area is 90.9 Å². The van der Waals surface area contributed by atoms with Gasteiger partial charge in [-0.15, -0.1) is 5.23 Å². The van der Waals surface area contributed by atoms with Crippen LogP contribution in [0.3, 0.4) is 0 Å². The highest BCUT2D eigenvalue weighted by molar-refractivity contribution is 5.73. The maximum atomic E-state index is 10.5. The maximum absolute atomic E-state index is 10.5. The second-order valence-corrected chi connectivity index (χ2v) is 3.14. The number of carbonyl (C=O) groups excluding carboxylic acids is 1. The normalized spacial score (nSPS) is 10.1. The molecule has 1 heterocycles. The lowest BCUT2D eigenvalue weighted by Crippen LogP contribution is -2.10. The van der Waals surface area contributed by atoms with E-state index in [1.807, 2.05) is 0 Å². The maximum Gasteiger partial charge on any atom is 0.153 e. The Bertz CT molecular complexity index is 490. The van der Waals surface area contributed by atoms with Crippen molar-refractivity contribution in [3.63, 3.8) is 0 Å². The molecule has 82 valence electrons. The van der Waals surface area contributed by atoms with Gasteiger partial charge >= 0.3 is 0 Å². The van der Waals surface area contributed by atoms with Gasteiger partial charge < -0.3 is 0 Å². The molecule has 16 heavy (non-hydrogen) atoms. The third-order valence-electron chi connectivity index (χ3n) is 2.08. The molecule has 0 saturated carbocycles. The molecule has 1 aromatic carbocycles. The Kier molecular flexibility index (Phi) is 2.67. The van der Waals surface area contributed by atoms with Gasteiger partial charge in [-0.2, -0.15) is 5.10 Å². The lowest BCUT2D eigenvalue weighted by molar-refractivity contribution is 0.0291. The summed E-state index contributed by atoms with van der Waals surface area (Å²) in [5.74, 6) is 0. The first kappa shape index (κ1) is 10.3. The van der Waals surface area contributed by atoms with Gasteiger partial charge in [0, 0.05) is 6.20 Å². The number of aldehydes is 1. The van der Waals surface area contributed by atoms with Crippen molar-refractivity contribution < 1.29 is 15.2 Å². The van der Waals surface area contributed by atoms with E-state index in [-0.39, 0.29) is 10.9 Å². The van der Waals surface area contributed by atoms with Crippen molar-refractivity contribution in [2.75, 3.05) is 5.23 Å². The number of carbonyl (C=O) groups is 1. The molecule has 2 N–H and O–H groups in total. The second kappa shape index (κ2) is 4.13. The number of anilines is 1. The Morgan fingerprint density at radius 3 is 2.44 bits per heavy atom. The zero-order valence-electron chi connectivity index (χ0n) is 8.19. The van der Waals surface area contributed by atoms with Crippen molar-refractivity contribution in [2.45, 2.75) is 0 Å². The third kappa shape index (κ3) is 1.92. The lowest BCUT2D eigenvalue weighted by atomic mass is 10.3. The fraction of sp³-hybridized carbons (Fsp3) is 0. The molecule has 0 radical (unpaired) electrons. The quantitative estimate of drug-likeness (QED) is 0.600. The van der Waals surface area contributed by atoms with Gasteiger partial charge in [0.25, 0.3) is 0 Å². The van der Waals surface area contributed by atoms with Crippen molar-refractivity contribution in [2.24, 2.45) is 0 Å². The molecule has 0 aliphatic carbocycles. The standard InChI is InChI=1S/C10H9N3O3/c14-7-8-5-11-12(6-8)9-1-3-10(4-2-9)13(15)16/h1-7,15-16H. The summed E-state index contributed by atoms with van der Waals surface area (Å²) >= 11 is 0. The Morgan fingerprint density at radius 1 is 1.25 bits per heavy atom. The van der Waals surface area contributed by atoms with E-state index in [1.165, 1.54) is 23.0 Å². The van der Waals surface area contributed by atoms with Crippen LogP contribution in [0.25, 0.3) is 5.69 Å². The Balaban J connectivity index is 2.30. The van der Waals surface area contributed by atoms with Crippen molar-refractivity contribution in [1.82, 2.24) is 9.78 Å². The average molecular weight is 219 g/mol. The first-order valence-corrected chi connectivity index (χ1v) is 4.49. The highest BCUT2D eigenvalue weighted by atomic mass is 16.8. The minimum Gasteiger partial charge on any atom is -0.298 e. The van der Waals surface area contributed by atoms with Gasteiger partial charge in [-0.25, -0.2) is 4.68 Å². The fourth-order valence-electron chi connectivity index (χ4n) is 1.28. The molecule has 2 aromatic rings. The van der Waals surface area contributed by atoms with Gasteiger partial charge in [-0.3, -0.25) is 15.2 Å². The molecule has 0 atom stereocenters. The van der Waals surface area contributed by atoms with Gasteiger partial charge in [0.1, 0.15) is 0 Å². The number of rotatable bonds is 3. The van der Waals surface area contributed by atoms with Crippen molar-refractivity contribution in [1.29, 1.82) is 0 Å². The fourth-order valence-corrected chi connectivity index (χ4v) is 1.28. The highest BCUT2D eigenvalue weighted by Crippen LogP contribution is 2.14. The molecule has 6 nitrogen and oxygen atoms in total. The average Bonchev–Trinajstić information content (AvgIpc) is 2.77. The summed E-state index contributed by atoms with van der Waals surface area (Å²) in [4.78, 5) is 10.5. The van der Waals surface area contributed by atoms with Crippen molar-refractivity contribution >= 4 is 12.0 Å². The largest absolute Gasteiger partial charge is 0.298 e. The Hall–Kier alpha value is -2.18. The molecule has 0 unspecified atom stereocenters. The van der Waals surface area contributed by atoms with E-state index in [2.05, 4.69) is 5.10 Å². The molecule has 0 amide bonds. The predicted octanol–water partition coefficient (Wildman–Crippen LogP) is 1.27. The van der Waals surface area contributed by atoms with Gasteiger partial charge in [-0.05, 0) is 24.3 Å². The summed E-state index contributed by atoms with van der Waals surface area (Å²) in [5, 5.41) is 21.5. The molecule has 0 saturated heterocycles. The smallest absolute Gasteiger partial charge is 0.153 e. The molecule has 1 aromatic heterocycles. The van der Waals surface area contributed by atoms with Gasteiger partial charge in [-0.1, -0.05) is 0 Å². The monoisotopic (exact) mass is 219 g/mol. The third-order valence-corrected chi connectivity index (χ3v) is 2.08. The number of aromatic nitrogens is 2. The summed E-state index contributed by atoms with van der Waals surface area (Å²) < 4.78 is 1.52. The van der Waals surface area contributed by atoms with Crippen LogP contribution in [0.2, 0.25) is 0 Å². The van der Waals surface area contributed by atoms with Crippen LogP contribution in [0.5, 0.6) is 0 Å². The molecule has 0 aliphatic rings. The summed E-state index contributed by atoms with van der Waals surface area (Å²) in [5.41, 5.74) is 1.44. The van der Waals surface area contributed by atoms with E-state index in [1.54, 1.807) is 18.3 Å². The summed E-state index contributed by atoms with van der Waals surface area (Å²) in [6, 6.07) is 6.32. The van der Waals surface area contributed by atoms with E-state index >= 15 is 0 Å². The number of hydrogen-bond donors (Lipinski definition) is 2. The zero-order chi connectivity index (χ0) is 11.5. The van der Waals surface area contributed by atoms with Crippen LogP contribution in [-0.2, 0) is 0 Å². The van der Waals surface area contributed by atoms with E-state index in [9.17, 15) is 4.79 Å². The van der Waals surface area contributed by atoms with Crippen LogP contribution in [0.15, 0.2) is 36.7 Å². The van der Waals surface area contributed by atoms with Crippen LogP contribution < -0.4 is 5.23 Å².